The summed E-state index contributed by atoms with van der Waals surface area (Å²) >= 11 is 0. The zero-order chi connectivity index (χ0) is 16.5. The lowest BCUT2D eigenvalue weighted by molar-refractivity contribution is -0.149. The van der Waals surface area contributed by atoms with Crippen LogP contribution in [0.25, 0.3) is 0 Å². The van der Waals surface area contributed by atoms with Crippen molar-refractivity contribution in [3.8, 4) is 0 Å². The summed E-state index contributed by atoms with van der Waals surface area (Å²) in [5.41, 5.74) is 0. The summed E-state index contributed by atoms with van der Waals surface area (Å²) in [6.45, 7) is 5.10. The number of nitrogens with zero attached hydrogens (tertiary/aromatic N) is 2. The molecular weight excluding hydrogens is 290 g/mol. The van der Waals surface area contributed by atoms with Crippen LogP contribution in [-0.4, -0.2) is 50.1 Å². The zero-order valence-corrected chi connectivity index (χ0v) is 14.9. The Morgan fingerprint density at radius 2 is 1.91 bits per heavy atom. The topological polar surface area (TPSA) is 53.9 Å². The van der Waals surface area contributed by atoms with Crippen LogP contribution in [0.3, 0.4) is 0 Å². The molecule has 0 radical (unpaired) electrons. The van der Waals surface area contributed by atoms with E-state index in [0.717, 1.165) is 44.4 Å². The van der Waals surface area contributed by atoms with Crippen LogP contribution in [0.1, 0.15) is 58.3 Å². The van der Waals surface area contributed by atoms with E-state index in [4.69, 9.17) is 4.74 Å². The molecule has 2 aliphatic rings. The predicted octanol–water partition coefficient (Wildman–Crippen LogP) is 2.81. The number of hydrogen-bond acceptors (Lipinski definition) is 3. The Labute approximate surface area is 140 Å². The molecule has 0 atom stereocenters. The van der Waals surface area contributed by atoms with E-state index in [0.29, 0.717) is 6.61 Å². The Hall–Kier alpha value is -1.26. The summed E-state index contributed by atoms with van der Waals surface area (Å²) in [6, 6.07) is 0. The average molecular weight is 323 g/mol. The van der Waals surface area contributed by atoms with Gasteiger partial charge < -0.3 is 15.0 Å². The maximum atomic E-state index is 11.8. The van der Waals surface area contributed by atoms with E-state index in [2.05, 4.69) is 15.2 Å². The predicted molar refractivity (Wildman–Crippen MR) is 93.5 cm³/mol. The summed E-state index contributed by atoms with van der Waals surface area (Å²) in [4.78, 5) is 18.5. The minimum absolute atomic E-state index is 0.0355. The fraction of sp³-hybridized carbons (Fsp3) is 0.889. The fourth-order valence-electron chi connectivity index (χ4n) is 3.81. The van der Waals surface area contributed by atoms with Crippen molar-refractivity contribution in [2.24, 2.45) is 16.8 Å². The van der Waals surface area contributed by atoms with Crippen molar-refractivity contribution in [3.63, 3.8) is 0 Å². The van der Waals surface area contributed by atoms with Gasteiger partial charge in [-0.25, -0.2) is 0 Å². The molecule has 1 saturated carbocycles. The molecule has 23 heavy (non-hydrogen) atoms. The second-order valence-corrected chi connectivity index (χ2v) is 6.78. The van der Waals surface area contributed by atoms with Gasteiger partial charge in [0, 0.05) is 26.7 Å². The molecule has 1 heterocycles. The standard InChI is InChI=1S/C18H33N3O2/c1-3-23-17(22)16-10-13-21(14-11-16)18(19-2)20-12-6-9-15-7-4-5-8-15/h15-16H,3-14H2,1-2H3,(H,19,20). The van der Waals surface area contributed by atoms with Gasteiger partial charge in [0.05, 0.1) is 12.5 Å². The smallest absolute Gasteiger partial charge is 0.309 e. The van der Waals surface area contributed by atoms with Crippen LogP contribution in [0.15, 0.2) is 4.99 Å². The highest BCUT2D eigenvalue weighted by Gasteiger charge is 2.27. The van der Waals surface area contributed by atoms with Crippen molar-refractivity contribution >= 4 is 11.9 Å². The Bertz CT molecular complexity index is 384. The van der Waals surface area contributed by atoms with Crippen molar-refractivity contribution in [3.05, 3.63) is 0 Å². The van der Waals surface area contributed by atoms with Crippen molar-refractivity contribution in [1.29, 1.82) is 0 Å². The largest absolute Gasteiger partial charge is 0.466 e. The number of ether oxygens (including phenoxy) is 1. The van der Waals surface area contributed by atoms with Crippen LogP contribution in [0, 0.1) is 11.8 Å². The first-order chi connectivity index (χ1) is 11.2. The number of carbonyl (C=O) groups is 1. The molecule has 0 bridgehead atoms. The van der Waals surface area contributed by atoms with Crippen LogP contribution in [0.4, 0.5) is 0 Å². The number of rotatable bonds is 6. The number of likely N-dealkylation sites (tertiary alicyclic amines) is 1. The van der Waals surface area contributed by atoms with Gasteiger partial charge in [-0.05, 0) is 38.5 Å². The Morgan fingerprint density at radius 1 is 1.22 bits per heavy atom. The quantitative estimate of drug-likeness (QED) is 0.353. The van der Waals surface area contributed by atoms with Gasteiger partial charge in [0.15, 0.2) is 5.96 Å². The molecule has 0 spiro atoms. The van der Waals surface area contributed by atoms with Crippen molar-refractivity contribution in [2.45, 2.75) is 58.3 Å². The molecule has 5 heteroatoms. The fourth-order valence-corrected chi connectivity index (χ4v) is 3.81. The third-order valence-corrected chi connectivity index (χ3v) is 5.17. The van der Waals surface area contributed by atoms with Crippen molar-refractivity contribution in [2.75, 3.05) is 33.3 Å². The Morgan fingerprint density at radius 3 is 2.52 bits per heavy atom. The van der Waals surface area contributed by atoms with Gasteiger partial charge in [0.1, 0.15) is 0 Å². The van der Waals surface area contributed by atoms with Gasteiger partial charge in [-0.2, -0.15) is 0 Å². The molecule has 0 aromatic heterocycles. The highest BCUT2D eigenvalue weighted by Crippen LogP contribution is 2.28. The SMILES string of the molecule is CCOC(=O)C1CCN(C(=NC)NCCCC2CCCC2)CC1. The average Bonchev–Trinajstić information content (AvgIpc) is 3.09. The number of hydrogen-bond donors (Lipinski definition) is 1. The van der Waals surface area contributed by atoms with Crippen molar-refractivity contribution < 1.29 is 9.53 Å². The molecule has 132 valence electrons. The highest BCUT2D eigenvalue weighted by atomic mass is 16.5. The van der Waals surface area contributed by atoms with Crippen LogP contribution in [0.5, 0.6) is 0 Å². The molecule has 0 amide bonds. The van der Waals surface area contributed by atoms with E-state index in [9.17, 15) is 4.79 Å². The summed E-state index contributed by atoms with van der Waals surface area (Å²) in [5, 5.41) is 3.49. The molecule has 2 fully saturated rings. The molecule has 2 rings (SSSR count). The molecule has 1 aliphatic heterocycles. The highest BCUT2D eigenvalue weighted by molar-refractivity contribution is 5.80. The van der Waals surface area contributed by atoms with E-state index in [-0.39, 0.29) is 11.9 Å². The van der Waals surface area contributed by atoms with Crippen LogP contribution in [-0.2, 0) is 9.53 Å². The van der Waals surface area contributed by atoms with E-state index >= 15 is 0 Å². The zero-order valence-electron chi connectivity index (χ0n) is 14.9. The van der Waals surface area contributed by atoms with E-state index in [1.54, 1.807) is 0 Å². The molecule has 5 nitrogen and oxygen atoms in total. The lowest BCUT2D eigenvalue weighted by Crippen LogP contribution is -2.47. The molecule has 1 aliphatic carbocycles. The van der Waals surface area contributed by atoms with Gasteiger partial charge in [0.25, 0.3) is 0 Å². The monoisotopic (exact) mass is 323 g/mol. The summed E-state index contributed by atoms with van der Waals surface area (Å²) in [6.07, 6.45) is 10.00. The lowest BCUT2D eigenvalue weighted by atomic mass is 9.97. The number of aliphatic imine (C=N–C) groups is 1. The van der Waals surface area contributed by atoms with Gasteiger partial charge >= 0.3 is 5.97 Å². The maximum Gasteiger partial charge on any atom is 0.309 e. The number of carbonyl (C=O) groups excluding carboxylic acids is 1. The normalized spacial score (nSPS) is 20.8. The molecule has 0 aromatic carbocycles. The van der Waals surface area contributed by atoms with Crippen LogP contribution >= 0.6 is 0 Å². The third-order valence-electron chi connectivity index (χ3n) is 5.17. The van der Waals surface area contributed by atoms with Crippen LogP contribution < -0.4 is 5.32 Å². The second-order valence-electron chi connectivity index (χ2n) is 6.78. The van der Waals surface area contributed by atoms with E-state index in [1.807, 2.05) is 14.0 Å². The summed E-state index contributed by atoms with van der Waals surface area (Å²) in [5.74, 6) is 1.97. The van der Waals surface area contributed by atoms with Crippen LogP contribution in [0.2, 0.25) is 0 Å². The first-order valence-corrected chi connectivity index (χ1v) is 9.36. The maximum absolute atomic E-state index is 11.8. The minimum Gasteiger partial charge on any atom is -0.466 e. The van der Waals surface area contributed by atoms with Gasteiger partial charge in [-0.3, -0.25) is 9.79 Å². The van der Waals surface area contributed by atoms with E-state index in [1.165, 1.54) is 38.5 Å². The number of nitrogens with one attached hydrogen (secondary N) is 1. The molecule has 1 N–H and O–H groups in total. The van der Waals surface area contributed by atoms with Gasteiger partial charge in [0.2, 0.25) is 0 Å². The molecule has 1 saturated heterocycles. The first-order valence-electron chi connectivity index (χ1n) is 9.36. The summed E-state index contributed by atoms with van der Waals surface area (Å²) < 4.78 is 5.13. The molecule has 0 aromatic rings. The Kier molecular flexibility index (Phi) is 7.69. The third kappa shape index (κ3) is 5.70. The minimum atomic E-state index is -0.0355. The molecular formula is C18H33N3O2. The number of piperidine rings is 1. The van der Waals surface area contributed by atoms with Crippen molar-refractivity contribution in [1.82, 2.24) is 10.2 Å². The second kappa shape index (κ2) is 9.78. The van der Waals surface area contributed by atoms with E-state index < -0.39 is 0 Å². The first kappa shape index (κ1) is 18.1. The van der Waals surface area contributed by atoms with Gasteiger partial charge in [-0.15, -0.1) is 0 Å². The number of esters is 1. The lowest BCUT2D eigenvalue weighted by Gasteiger charge is -2.33. The number of guanidine groups is 1. The van der Waals surface area contributed by atoms with Gasteiger partial charge in [-0.1, -0.05) is 25.7 Å². The Balaban J connectivity index is 1.65. The molecule has 0 unspecified atom stereocenters. The summed E-state index contributed by atoms with van der Waals surface area (Å²) in [7, 11) is 1.84.